The summed E-state index contributed by atoms with van der Waals surface area (Å²) < 4.78 is 14.6. The van der Waals surface area contributed by atoms with Gasteiger partial charge in [-0.25, -0.2) is 4.79 Å². The molecule has 18 heavy (non-hydrogen) atoms. The average Bonchev–Trinajstić information content (AvgIpc) is 2.80. The van der Waals surface area contributed by atoms with E-state index in [2.05, 4.69) is 0 Å². The van der Waals surface area contributed by atoms with Crippen LogP contribution in [-0.2, 0) is 20.7 Å². The number of ether oxygens (including phenoxy) is 2. The summed E-state index contributed by atoms with van der Waals surface area (Å²) in [5.74, 6) is -0.643. The zero-order chi connectivity index (χ0) is 14.0. The van der Waals surface area contributed by atoms with E-state index in [9.17, 15) is 9.59 Å². The quantitative estimate of drug-likeness (QED) is 0.757. The number of hydrogen-bond donors (Lipinski definition) is 0. The third-order valence-electron chi connectivity index (χ3n) is 1.85. The first-order valence-corrected chi connectivity index (χ1v) is 6.08. The van der Waals surface area contributed by atoms with Crippen molar-refractivity contribution in [1.82, 2.24) is 0 Å². The first-order chi connectivity index (χ1) is 8.69. The Morgan fingerprint density at radius 1 is 1.17 bits per heavy atom. The highest BCUT2D eigenvalue weighted by molar-refractivity contribution is 5.91. The highest BCUT2D eigenvalue weighted by Crippen LogP contribution is 2.13. The van der Waals surface area contributed by atoms with Crippen LogP contribution in [-0.4, -0.2) is 25.2 Å². The zero-order valence-electron chi connectivity index (χ0n) is 11.3. The van der Waals surface area contributed by atoms with E-state index < -0.39 is 11.9 Å². The van der Waals surface area contributed by atoms with Crippen molar-refractivity contribution in [3.05, 3.63) is 23.7 Å². The van der Waals surface area contributed by atoms with E-state index in [-0.39, 0.29) is 24.4 Å². The van der Waals surface area contributed by atoms with E-state index in [1.807, 2.05) is 13.8 Å². The second kappa shape index (κ2) is 9.27. The lowest BCUT2D eigenvalue weighted by atomic mass is 10.2. The van der Waals surface area contributed by atoms with Crippen molar-refractivity contribution in [1.29, 1.82) is 0 Å². The molecule has 0 aliphatic rings. The maximum atomic E-state index is 11.4. The van der Waals surface area contributed by atoms with Crippen LogP contribution in [0.1, 0.15) is 43.8 Å². The molecule has 0 spiro atoms. The molecule has 0 unspecified atom stereocenters. The van der Waals surface area contributed by atoms with Gasteiger partial charge in [-0.05, 0) is 19.9 Å². The van der Waals surface area contributed by atoms with Crippen molar-refractivity contribution in [2.45, 2.75) is 34.1 Å². The summed E-state index contributed by atoms with van der Waals surface area (Å²) in [7, 11) is 0. The molecule has 1 aromatic rings. The van der Waals surface area contributed by atoms with E-state index in [0.29, 0.717) is 6.61 Å². The van der Waals surface area contributed by atoms with Gasteiger partial charge < -0.3 is 13.9 Å². The van der Waals surface area contributed by atoms with Crippen LogP contribution in [0, 0.1) is 0 Å². The van der Waals surface area contributed by atoms with Gasteiger partial charge in [-0.2, -0.15) is 0 Å². The summed E-state index contributed by atoms with van der Waals surface area (Å²) in [6, 6.07) is 1.48. The molecule has 0 radical (unpaired) electrons. The molecule has 0 atom stereocenters. The van der Waals surface area contributed by atoms with Crippen LogP contribution in [0.5, 0.6) is 0 Å². The number of rotatable bonds is 5. The minimum absolute atomic E-state index is 0.0605. The predicted octanol–water partition coefficient (Wildman–Crippen LogP) is 2.59. The summed E-state index contributed by atoms with van der Waals surface area (Å²) in [5, 5.41) is 0. The van der Waals surface area contributed by atoms with Crippen LogP contribution in [0.15, 0.2) is 16.7 Å². The lowest BCUT2D eigenvalue weighted by molar-refractivity contribution is -0.142. The molecule has 0 bridgehead atoms. The largest absolute Gasteiger partial charge is 0.468 e. The summed E-state index contributed by atoms with van der Waals surface area (Å²) in [6.07, 6.45) is 1.29. The highest BCUT2D eigenvalue weighted by Gasteiger charge is 2.18. The summed E-state index contributed by atoms with van der Waals surface area (Å²) in [4.78, 5) is 22.6. The van der Waals surface area contributed by atoms with Crippen molar-refractivity contribution in [3.63, 3.8) is 0 Å². The molecule has 0 aliphatic heterocycles. The molecule has 0 fully saturated rings. The Morgan fingerprint density at radius 2 is 1.78 bits per heavy atom. The fraction of sp³-hybridized carbons (Fsp3) is 0.538. The monoisotopic (exact) mass is 256 g/mol. The molecule has 0 saturated carbocycles. The van der Waals surface area contributed by atoms with Crippen molar-refractivity contribution in [3.8, 4) is 0 Å². The van der Waals surface area contributed by atoms with Crippen molar-refractivity contribution >= 4 is 11.9 Å². The molecule has 0 N–H and O–H groups in total. The molecule has 0 saturated heterocycles. The van der Waals surface area contributed by atoms with Gasteiger partial charge in [-0.1, -0.05) is 13.8 Å². The topological polar surface area (TPSA) is 65.7 Å². The molecule has 0 amide bonds. The Hall–Kier alpha value is -1.78. The molecule has 1 aromatic heterocycles. The molecule has 5 heteroatoms. The van der Waals surface area contributed by atoms with Gasteiger partial charge in [0.05, 0.1) is 19.5 Å². The van der Waals surface area contributed by atoms with Gasteiger partial charge in [0.25, 0.3) is 0 Å². The molecule has 5 nitrogen and oxygen atoms in total. The Labute approximate surface area is 107 Å². The number of carbonyl (C=O) groups excluding carboxylic acids is 2. The first kappa shape index (κ1) is 16.2. The predicted molar refractivity (Wildman–Crippen MR) is 66.3 cm³/mol. The smallest absolute Gasteiger partial charge is 0.341 e. The summed E-state index contributed by atoms with van der Waals surface area (Å²) >= 11 is 0. The van der Waals surface area contributed by atoms with Crippen molar-refractivity contribution in [2.75, 3.05) is 13.2 Å². The number of hydrogen-bond acceptors (Lipinski definition) is 5. The number of carbonyl (C=O) groups is 2. The van der Waals surface area contributed by atoms with Crippen molar-refractivity contribution in [2.24, 2.45) is 0 Å². The number of esters is 2. The molecule has 102 valence electrons. The summed E-state index contributed by atoms with van der Waals surface area (Å²) in [6.45, 7) is 8.01. The minimum Gasteiger partial charge on any atom is -0.468 e. The van der Waals surface area contributed by atoms with Crippen LogP contribution < -0.4 is 0 Å². The van der Waals surface area contributed by atoms with Gasteiger partial charge in [0.15, 0.2) is 0 Å². The van der Waals surface area contributed by atoms with E-state index >= 15 is 0 Å². The molecular weight excluding hydrogens is 236 g/mol. The van der Waals surface area contributed by atoms with Crippen LogP contribution in [0.3, 0.4) is 0 Å². The van der Waals surface area contributed by atoms with Gasteiger partial charge in [0, 0.05) is 0 Å². The average molecular weight is 256 g/mol. The van der Waals surface area contributed by atoms with Gasteiger partial charge in [0.2, 0.25) is 0 Å². The Balaban J connectivity index is 0.00000137. The van der Waals surface area contributed by atoms with Gasteiger partial charge >= 0.3 is 11.9 Å². The van der Waals surface area contributed by atoms with Crippen molar-refractivity contribution < 1.29 is 23.5 Å². The summed E-state index contributed by atoms with van der Waals surface area (Å²) in [5.41, 5.74) is 0.273. The second-order valence-corrected chi connectivity index (χ2v) is 2.96. The molecule has 0 aliphatic carbocycles. The van der Waals surface area contributed by atoms with E-state index in [0.717, 1.165) is 0 Å². The first-order valence-electron chi connectivity index (χ1n) is 6.08. The standard InChI is InChI=1S/C11H14O5.C2H6/c1-3-14-10(12)7-9-8(5-6-16-9)11(13)15-4-2;1-2/h5-6H,3-4,7H2,1-2H3;1-2H3. The maximum Gasteiger partial charge on any atom is 0.341 e. The Kier molecular flexibility index (Phi) is 8.35. The van der Waals surface area contributed by atoms with Gasteiger partial charge in [0.1, 0.15) is 17.7 Å². The third-order valence-corrected chi connectivity index (χ3v) is 1.85. The maximum absolute atomic E-state index is 11.4. The van der Waals surface area contributed by atoms with Crippen LogP contribution in [0.4, 0.5) is 0 Å². The Morgan fingerprint density at radius 3 is 2.33 bits per heavy atom. The third kappa shape index (κ3) is 5.03. The highest BCUT2D eigenvalue weighted by atomic mass is 16.5. The fourth-order valence-electron chi connectivity index (χ4n) is 1.21. The SMILES string of the molecule is CC.CCOC(=O)Cc1occc1C(=O)OCC. The van der Waals surface area contributed by atoms with Crippen LogP contribution >= 0.6 is 0 Å². The molecule has 1 rings (SSSR count). The lowest BCUT2D eigenvalue weighted by Crippen LogP contribution is -2.11. The van der Waals surface area contributed by atoms with E-state index in [1.54, 1.807) is 13.8 Å². The lowest BCUT2D eigenvalue weighted by Gasteiger charge is -2.02. The van der Waals surface area contributed by atoms with Crippen LogP contribution in [0.25, 0.3) is 0 Å². The molecular formula is C13H20O5. The molecule has 0 aromatic carbocycles. The van der Waals surface area contributed by atoms with E-state index in [1.165, 1.54) is 12.3 Å². The van der Waals surface area contributed by atoms with E-state index in [4.69, 9.17) is 13.9 Å². The normalized spacial score (nSPS) is 9.11. The number of furan rings is 1. The van der Waals surface area contributed by atoms with Crippen LogP contribution in [0.2, 0.25) is 0 Å². The zero-order valence-corrected chi connectivity index (χ0v) is 11.3. The molecule has 1 heterocycles. The minimum atomic E-state index is -0.490. The van der Waals surface area contributed by atoms with Gasteiger partial charge in [-0.3, -0.25) is 4.79 Å². The van der Waals surface area contributed by atoms with Gasteiger partial charge in [-0.15, -0.1) is 0 Å². The fourth-order valence-corrected chi connectivity index (χ4v) is 1.21. The Bertz CT molecular complexity index is 367. The second-order valence-electron chi connectivity index (χ2n) is 2.96.